The van der Waals surface area contributed by atoms with Gasteiger partial charge in [0.25, 0.3) is 0 Å². The Kier molecular flexibility index (Phi) is 5.06. The van der Waals surface area contributed by atoms with Crippen molar-refractivity contribution >= 4 is 10.0 Å². The van der Waals surface area contributed by atoms with Crippen LogP contribution in [0, 0.1) is 0 Å². The highest BCUT2D eigenvalue weighted by molar-refractivity contribution is 7.89. The van der Waals surface area contributed by atoms with Gasteiger partial charge in [0.2, 0.25) is 10.0 Å². The number of nitrogens with one attached hydrogen (secondary N) is 2. The van der Waals surface area contributed by atoms with Gasteiger partial charge in [-0.1, -0.05) is 18.2 Å². The second-order valence-electron chi connectivity index (χ2n) is 5.45. The fraction of sp³-hybridized carbons (Fsp3) is 0.400. The van der Waals surface area contributed by atoms with Crippen LogP contribution in [-0.4, -0.2) is 62.4 Å². The van der Waals surface area contributed by atoms with Crippen LogP contribution in [0.4, 0.5) is 0 Å². The Hall–Kier alpha value is -1.74. The number of para-hydroxylation sites is 1. The number of benzene rings is 1. The Morgan fingerprint density at radius 2 is 1.91 bits per heavy atom. The molecule has 2 aromatic rings. The molecule has 23 heavy (non-hydrogen) atoms. The van der Waals surface area contributed by atoms with Crippen molar-refractivity contribution in [1.82, 2.24) is 24.7 Å². The van der Waals surface area contributed by atoms with Crippen molar-refractivity contribution < 1.29 is 8.42 Å². The molecule has 0 aliphatic carbocycles. The van der Waals surface area contributed by atoms with Gasteiger partial charge in [0.15, 0.2) is 0 Å². The van der Waals surface area contributed by atoms with E-state index in [1.807, 2.05) is 30.3 Å². The molecule has 0 atom stereocenters. The molecular weight excluding hydrogens is 314 g/mol. The minimum Gasteiger partial charge on any atom is -0.314 e. The zero-order chi connectivity index (χ0) is 16.1. The van der Waals surface area contributed by atoms with Crippen molar-refractivity contribution in [3.05, 3.63) is 42.7 Å². The number of piperazine rings is 1. The van der Waals surface area contributed by atoms with Crippen LogP contribution in [0.2, 0.25) is 0 Å². The predicted octanol–water partition coefficient (Wildman–Crippen LogP) is 0.0558. The molecule has 1 aromatic heterocycles. The van der Waals surface area contributed by atoms with Crippen LogP contribution in [0.1, 0.15) is 0 Å². The highest BCUT2D eigenvalue weighted by Gasteiger charge is 2.17. The average Bonchev–Trinajstić information content (AvgIpc) is 3.07. The van der Waals surface area contributed by atoms with E-state index < -0.39 is 10.0 Å². The minimum atomic E-state index is -3.52. The van der Waals surface area contributed by atoms with Gasteiger partial charge in [0.1, 0.15) is 4.90 Å². The van der Waals surface area contributed by atoms with E-state index in [9.17, 15) is 8.42 Å². The topological polar surface area (TPSA) is 79.3 Å². The third kappa shape index (κ3) is 4.17. The Morgan fingerprint density at radius 1 is 1.17 bits per heavy atom. The van der Waals surface area contributed by atoms with Crippen LogP contribution < -0.4 is 10.0 Å². The van der Waals surface area contributed by atoms with Gasteiger partial charge in [-0.3, -0.25) is 4.90 Å². The Bertz CT molecular complexity index is 723. The molecule has 0 saturated carbocycles. The first-order valence-electron chi connectivity index (χ1n) is 7.68. The van der Waals surface area contributed by atoms with Gasteiger partial charge >= 0.3 is 0 Å². The SMILES string of the molecule is O=S(=O)(NCCN1CCNCC1)c1cnn(-c2ccccc2)c1. The second-order valence-corrected chi connectivity index (χ2v) is 7.21. The van der Waals surface area contributed by atoms with Gasteiger partial charge < -0.3 is 5.32 Å². The van der Waals surface area contributed by atoms with E-state index in [1.54, 1.807) is 4.68 Å². The lowest BCUT2D eigenvalue weighted by atomic mass is 10.3. The van der Waals surface area contributed by atoms with Gasteiger partial charge in [-0.2, -0.15) is 5.10 Å². The summed E-state index contributed by atoms with van der Waals surface area (Å²) in [5.41, 5.74) is 0.828. The summed E-state index contributed by atoms with van der Waals surface area (Å²) in [6.07, 6.45) is 2.91. The molecule has 0 unspecified atom stereocenters. The number of hydrogen-bond donors (Lipinski definition) is 2. The third-order valence-corrected chi connectivity index (χ3v) is 5.24. The van der Waals surface area contributed by atoms with E-state index in [-0.39, 0.29) is 4.90 Å². The summed E-state index contributed by atoms with van der Waals surface area (Å²) in [5, 5.41) is 7.40. The highest BCUT2D eigenvalue weighted by atomic mass is 32.2. The summed E-state index contributed by atoms with van der Waals surface area (Å²) in [6, 6.07) is 9.43. The van der Waals surface area contributed by atoms with Crippen LogP contribution in [0.5, 0.6) is 0 Å². The van der Waals surface area contributed by atoms with Crippen LogP contribution in [0.15, 0.2) is 47.6 Å². The zero-order valence-corrected chi connectivity index (χ0v) is 13.7. The van der Waals surface area contributed by atoms with Crippen LogP contribution in [-0.2, 0) is 10.0 Å². The minimum absolute atomic E-state index is 0.182. The van der Waals surface area contributed by atoms with Crippen molar-refractivity contribution in [1.29, 1.82) is 0 Å². The van der Waals surface area contributed by atoms with Crippen LogP contribution in [0.25, 0.3) is 5.69 Å². The standard InChI is InChI=1S/C15H21N5O2S/c21-23(22,18-8-11-19-9-6-16-7-10-19)15-12-17-20(13-15)14-4-2-1-3-5-14/h1-5,12-13,16,18H,6-11H2. The zero-order valence-electron chi connectivity index (χ0n) is 12.9. The Balaban J connectivity index is 1.60. The molecular formula is C15H21N5O2S. The van der Waals surface area contributed by atoms with Crippen molar-refractivity contribution in [3.8, 4) is 5.69 Å². The molecule has 1 fully saturated rings. The lowest BCUT2D eigenvalue weighted by molar-refractivity contribution is 0.245. The van der Waals surface area contributed by atoms with E-state index in [0.29, 0.717) is 13.1 Å². The molecule has 3 rings (SSSR count). The molecule has 1 saturated heterocycles. The Labute approximate surface area is 136 Å². The lowest BCUT2D eigenvalue weighted by Crippen LogP contribution is -2.46. The molecule has 8 heteroatoms. The van der Waals surface area contributed by atoms with Crippen molar-refractivity contribution in [2.45, 2.75) is 4.90 Å². The third-order valence-electron chi connectivity index (χ3n) is 3.82. The Morgan fingerprint density at radius 3 is 2.65 bits per heavy atom. The summed E-state index contributed by atoms with van der Waals surface area (Å²) in [6.45, 7) is 4.93. The maximum atomic E-state index is 12.3. The van der Waals surface area contributed by atoms with E-state index >= 15 is 0 Å². The second kappa shape index (κ2) is 7.22. The maximum Gasteiger partial charge on any atom is 0.243 e. The van der Waals surface area contributed by atoms with Gasteiger partial charge in [-0.25, -0.2) is 17.8 Å². The molecule has 1 aromatic carbocycles. The maximum absolute atomic E-state index is 12.3. The van der Waals surface area contributed by atoms with Gasteiger partial charge in [-0.15, -0.1) is 0 Å². The quantitative estimate of drug-likeness (QED) is 0.780. The summed E-state index contributed by atoms with van der Waals surface area (Å²) in [5.74, 6) is 0. The van der Waals surface area contributed by atoms with Crippen molar-refractivity contribution in [2.24, 2.45) is 0 Å². The van der Waals surface area contributed by atoms with E-state index in [1.165, 1.54) is 12.4 Å². The number of hydrogen-bond acceptors (Lipinski definition) is 5. The molecule has 2 N–H and O–H groups in total. The molecule has 0 radical (unpaired) electrons. The van der Waals surface area contributed by atoms with E-state index in [4.69, 9.17) is 0 Å². The number of aromatic nitrogens is 2. The molecule has 1 aliphatic rings. The van der Waals surface area contributed by atoms with Crippen LogP contribution >= 0.6 is 0 Å². The van der Waals surface area contributed by atoms with Gasteiger partial charge in [0.05, 0.1) is 18.1 Å². The van der Waals surface area contributed by atoms with Crippen LogP contribution in [0.3, 0.4) is 0 Å². The number of sulfonamides is 1. The van der Waals surface area contributed by atoms with E-state index in [0.717, 1.165) is 31.9 Å². The fourth-order valence-corrected chi connectivity index (χ4v) is 3.47. The smallest absolute Gasteiger partial charge is 0.243 e. The molecule has 0 spiro atoms. The van der Waals surface area contributed by atoms with E-state index in [2.05, 4.69) is 20.0 Å². The molecule has 0 amide bonds. The molecule has 7 nitrogen and oxygen atoms in total. The van der Waals surface area contributed by atoms with Crippen molar-refractivity contribution in [3.63, 3.8) is 0 Å². The first-order valence-corrected chi connectivity index (χ1v) is 9.16. The monoisotopic (exact) mass is 335 g/mol. The lowest BCUT2D eigenvalue weighted by Gasteiger charge is -2.26. The summed E-state index contributed by atoms with van der Waals surface area (Å²) >= 11 is 0. The first kappa shape index (κ1) is 16.1. The summed E-state index contributed by atoms with van der Waals surface area (Å²) in [7, 11) is -3.52. The fourth-order valence-electron chi connectivity index (χ4n) is 2.52. The average molecular weight is 335 g/mol. The molecule has 124 valence electrons. The number of nitrogens with zero attached hydrogens (tertiary/aromatic N) is 3. The number of rotatable bonds is 6. The predicted molar refractivity (Wildman–Crippen MR) is 88.1 cm³/mol. The largest absolute Gasteiger partial charge is 0.314 e. The molecule has 1 aliphatic heterocycles. The highest BCUT2D eigenvalue weighted by Crippen LogP contribution is 2.11. The molecule has 0 bridgehead atoms. The summed E-state index contributed by atoms with van der Waals surface area (Å²) < 4.78 is 28.9. The van der Waals surface area contributed by atoms with Gasteiger partial charge in [0, 0.05) is 39.3 Å². The molecule has 2 heterocycles. The first-order chi connectivity index (χ1) is 11.1. The normalized spacial score (nSPS) is 16.5. The van der Waals surface area contributed by atoms with Crippen molar-refractivity contribution in [2.75, 3.05) is 39.3 Å². The van der Waals surface area contributed by atoms with Gasteiger partial charge in [-0.05, 0) is 12.1 Å². The summed E-state index contributed by atoms with van der Waals surface area (Å²) in [4.78, 5) is 2.42.